The Morgan fingerprint density at radius 3 is 2.52 bits per heavy atom. The van der Waals surface area contributed by atoms with E-state index in [0.29, 0.717) is 24.3 Å². The van der Waals surface area contributed by atoms with Crippen LogP contribution in [-0.4, -0.2) is 41.5 Å². The van der Waals surface area contributed by atoms with Crippen molar-refractivity contribution in [2.24, 2.45) is 0 Å². The lowest BCUT2D eigenvalue weighted by Crippen LogP contribution is -2.36. The van der Waals surface area contributed by atoms with Crippen molar-refractivity contribution >= 4 is 21.6 Å². The van der Waals surface area contributed by atoms with Crippen LogP contribution in [-0.2, 0) is 21.4 Å². The third kappa shape index (κ3) is 4.86. The van der Waals surface area contributed by atoms with Gasteiger partial charge in [0.15, 0.2) is 0 Å². The number of anilines is 1. The van der Waals surface area contributed by atoms with Crippen molar-refractivity contribution in [3.05, 3.63) is 66.4 Å². The first-order valence-electron chi connectivity index (χ1n) is 10.4. The van der Waals surface area contributed by atoms with Crippen LogP contribution < -0.4 is 5.32 Å². The molecule has 4 rings (SSSR count). The molecule has 1 amide bonds. The molecule has 0 bridgehead atoms. The number of nitrogens with zero attached hydrogens (tertiary/aromatic N) is 3. The van der Waals surface area contributed by atoms with Crippen LogP contribution in [0.2, 0.25) is 0 Å². The van der Waals surface area contributed by atoms with Gasteiger partial charge in [-0.3, -0.25) is 9.48 Å². The van der Waals surface area contributed by atoms with Crippen molar-refractivity contribution in [2.45, 2.75) is 37.6 Å². The zero-order valence-corrected chi connectivity index (χ0v) is 18.3. The molecule has 1 N–H and O–H groups in total. The number of piperidine rings is 1. The average Bonchev–Trinajstić information content (AvgIpc) is 3.24. The van der Waals surface area contributed by atoms with Gasteiger partial charge in [-0.1, -0.05) is 42.8 Å². The molecule has 1 fully saturated rings. The van der Waals surface area contributed by atoms with Crippen LogP contribution in [0.15, 0.2) is 65.7 Å². The Kier molecular flexibility index (Phi) is 6.20. The minimum absolute atomic E-state index is 0.0366. The highest BCUT2D eigenvalue weighted by Crippen LogP contribution is 2.26. The SMILES string of the molecule is Cc1ccc(NC(=O)Cn2ccc(-c3ccccc3)n2)cc1S(=O)(=O)N1CCCCC1. The van der Waals surface area contributed by atoms with Crippen LogP contribution in [0.4, 0.5) is 5.69 Å². The van der Waals surface area contributed by atoms with Crippen molar-refractivity contribution in [3.8, 4) is 11.3 Å². The van der Waals surface area contributed by atoms with Gasteiger partial charge in [-0.2, -0.15) is 9.40 Å². The maximum absolute atomic E-state index is 13.1. The van der Waals surface area contributed by atoms with E-state index in [0.717, 1.165) is 30.5 Å². The summed E-state index contributed by atoms with van der Waals surface area (Å²) in [6, 6.07) is 16.6. The highest BCUT2D eigenvalue weighted by atomic mass is 32.2. The molecule has 1 aliphatic heterocycles. The van der Waals surface area contributed by atoms with Crippen molar-refractivity contribution in [2.75, 3.05) is 18.4 Å². The summed E-state index contributed by atoms with van der Waals surface area (Å²) in [6.07, 6.45) is 4.57. The summed E-state index contributed by atoms with van der Waals surface area (Å²) in [5.41, 5.74) is 2.90. The molecule has 1 saturated heterocycles. The van der Waals surface area contributed by atoms with E-state index in [1.165, 1.54) is 0 Å². The van der Waals surface area contributed by atoms with Crippen molar-refractivity contribution in [3.63, 3.8) is 0 Å². The average molecular weight is 439 g/mol. The van der Waals surface area contributed by atoms with E-state index in [1.54, 1.807) is 40.3 Å². The number of sulfonamides is 1. The molecule has 0 aliphatic carbocycles. The van der Waals surface area contributed by atoms with Gasteiger partial charge in [0.25, 0.3) is 0 Å². The maximum atomic E-state index is 13.1. The number of hydrogen-bond acceptors (Lipinski definition) is 4. The highest BCUT2D eigenvalue weighted by Gasteiger charge is 2.27. The summed E-state index contributed by atoms with van der Waals surface area (Å²) in [5.74, 6) is -0.270. The number of benzene rings is 2. The Hall–Kier alpha value is -2.97. The number of amides is 1. The van der Waals surface area contributed by atoms with Crippen LogP contribution >= 0.6 is 0 Å². The van der Waals surface area contributed by atoms with Gasteiger partial charge in [-0.05, 0) is 43.5 Å². The molecular weight excluding hydrogens is 412 g/mol. The van der Waals surface area contributed by atoms with Gasteiger partial charge in [-0.15, -0.1) is 0 Å². The Balaban J connectivity index is 1.47. The summed E-state index contributed by atoms with van der Waals surface area (Å²) >= 11 is 0. The summed E-state index contributed by atoms with van der Waals surface area (Å²) in [6.45, 7) is 2.90. The maximum Gasteiger partial charge on any atom is 0.246 e. The number of carbonyl (C=O) groups is 1. The molecular formula is C23H26N4O3S. The molecule has 31 heavy (non-hydrogen) atoms. The molecule has 0 spiro atoms. The predicted octanol–water partition coefficient (Wildman–Crippen LogP) is 3.67. The van der Waals surface area contributed by atoms with E-state index in [2.05, 4.69) is 10.4 Å². The quantitative estimate of drug-likeness (QED) is 0.636. The number of aromatic nitrogens is 2. The third-order valence-electron chi connectivity index (χ3n) is 5.42. The van der Waals surface area contributed by atoms with Crippen LogP contribution in [0, 0.1) is 6.92 Å². The largest absolute Gasteiger partial charge is 0.324 e. The fourth-order valence-corrected chi connectivity index (χ4v) is 5.53. The van der Waals surface area contributed by atoms with Crippen LogP contribution in [0.5, 0.6) is 0 Å². The van der Waals surface area contributed by atoms with Crippen LogP contribution in [0.1, 0.15) is 24.8 Å². The molecule has 2 heterocycles. The summed E-state index contributed by atoms with van der Waals surface area (Å²) in [4.78, 5) is 12.8. The lowest BCUT2D eigenvalue weighted by molar-refractivity contribution is -0.116. The van der Waals surface area contributed by atoms with Gasteiger partial charge >= 0.3 is 0 Å². The number of nitrogens with one attached hydrogen (secondary N) is 1. The molecule has 0 radical (unpaired) electrons. The Morgan fingerprint density at radius 2 is 1.77 bits per heavy atom. The molecule has 7 nitrogen and oxygen atoms in total. The number of hydrogen-bond donors (Lipinski definition) is 1. The molecule has 2 aromatic carbocycles. The number of carbonyl (C=O) groups excluding carboxylic acids is 1. The molecule has 0 atom stereocenters. The molecule has 0 unspecified atom stereocenters. The standard InChI is InChI=1S/C23H26N4O3S/c1-18-10-11-20(16-22(18)31(29,30)27-13-6-3-7-14-27)24-23(28)17-26-15-12-21(25-26)19-8-4-2-5-9-19/h2,4-5,8-12,15-16H,3,6-7,13-14,17H2,1H3,(H,24,28). The van der Waals surface area contributed by atoms with Gasteiger partial charge in [0.1, 0.15) is 6.54 Å². The highest BCUT2D eigenvalue weighted by molar-refractivity contribution is 7.89. The van der Waals surface area contributed by atoms with E-state index in [-0.39, 0.29) is 17.3 Å². The first kappa shape index (κ1) is 21.3. The van der Waals surface area contributed by atoms with E-state index >= 15 is 0 Å². The Bertz CT molecular complexity index is 1170. The molecule has 1 aromatic heterocycles. The first-order chi connectivity index (χ1) is 14.9. The minimum atomic E-state index is -3.57. The second-order valence-corrected chi connectivity index (χ2v) is 9.66. The fraction of sp³-hybridized carbons (Fsp3) is 0.304. The summed E-state index contributed by atoms with van der Waals surface area (Å²) < 4.78 is 29.3. The Labute approximate surface area is 182 Å². The fourth-order valence-electron chi connectivity index (χ4n) is 3.76. The Morgan fingerprint density at radius 1 is 1.03 bits per heavy atom. The van der Waals surface area contributed by atoms with E-state index in [9.17, 15) is 13.2 Å². The second-order valence-electron chi connectivity index (χ2n) is 7.76. The van der Waals surface area contributed by atoms with Gasteiger partial charge < -0.3 is 5.32 Å². The minimum Gasteiger partial charge on any atom is -0.324 e. The van der Waals surface area contributed by atoms with Crippen LogP contribution in [0.3, 0.4) is 0 Å². The molecule has 8 heteroatoms. The summed E-state index contributed by atoms with van der Waals surface area (Å²) in [5, 5.41) is 7.25. The topological polar surface area (TPSA) is 84.3 Å². The molecule has 3 aromatic rings. The van der Waals surface area contributed by atoms with E-state index in [4.69, 9.17) is 0 Å². The third-order valence-corrected chi connectivity index (χ3v) is 7.46. The van der Waals surface area contributed by atoms with Crippen molar-refractivity contribution < 1.29 is 13.2 Å². The first-order valence-corrected chi connectivity index (χ1v) is 11.9. The van der Waals surface area contributed by atoms with Crippen molar-refractivity contribution in [1.82, 2.24) is 14.1 Å². The molecule has 162 valence electrons. The zero-order chi connectivity index (χ0) is 21.8. The monoisotopic (exact) mass is 438 g/mol. The van der Waals surface area contributed by atoms with Crippen molar-refractivity contribution in [1.29, 1.82) is 0 Å². The number of rotatable bonds is 6. The predicted molar refractivity (Wildman–Crippen MR) is 120 cm³/mol. The number of aryl methyl sites for hydroxylation is 1. The lowest BCUT2D eigenvalue weighted by atomic mass is 10.2. The van der Waals surface area contributed by atoms with Gasteiger partial charge in [0.05, 0.1) is 10.6 Å². The molecule has 1 aliphatic rings. The lowest BCUT2D eigenvalue weighted by Gasteiger charge is -2.26. The molecule has 0 saturated carbocycles. The zero-order valence-electron chi connectivity index (χ0n) is 17.5. The summed E-state index contributed by atoms with van der Waals surface area (Å²) in [7, 11) is -3.57. The van der Waals surface area contributed by atoms with Gasteiger partial charge in [0, 0.05) is 30.5 Å². The smallest absolute Gasteiger partial charge is 0.246 e. The van der Waals surface area contributed by atoms with E-state index < -0.39 is 10.0 Å². The van der Waals surface area contributed by atoms with E-state index in [1.807, 2.05) is 36.4 Å². The second kappa shape index (κ2) is 9.03. The van der Waals surface area contributed by atoms with Gasteiger partial charge in [-0.25, -0.2) is 8.42 Å². The normalized spacial score (nSPS) is 15.0. The van der Waals surface area contributed by atoms with Crippen LogP contribution in [0.25, 0.3) is 11.3 Å². The van der Waals surface area contributed by atoms with Gasteiger partial charge in [0.2, 0.25) is 15.9 Å².